The number of carbonyl (C=O) groups is 1. The summed E-state index contributed by atoms with van der Waals surface area (Å²) in [6, 6.07) is 4.76. The van der Waals surface area contributed by atoms with E-state index in [0.29, 0.717) is 30.3 Å². The normalized spacial score (nSPS) is 18.6. The van der Waals surface area contributed by atoms with Crippen LogP contribution >= 0.6 is 15.9 Å². The van der Waals surface area contributed by atoms with Gasteiger partial charge >= 0.3 is 15.5 Å². The van der Waals surface area contributed by atoms with Crippen LogP contribution in [0.5, 0.6) is 0 Å². The molecule has 1 aromatic heterocycles. The van der Waals surface area contributed by atoms with Crippen molar-refractivity contribution in [3.05, 3.63) is 34.4 Å². The highest BCUT2D eigenvalue weighted by molar-refractivity contribution is 9.10. The highest BCUT2D eigenvalue weighted by Gasteiger charge is 2.46. The van der Waals surface area contributed by atoms with Gasteiger partial charge in [-0.25, -0.2) is 13.1 Å². The molecule has 0 unspecified atom stereocenters. The van der Waals surface area contributed by atoms with Crippen LogP contribution in [0.1, 0.15) is 23.2 Å². The molecule has 1 saturated heterocycles. The fourth-order valence-electron chi connectivity index (χ4n) is 3.03. The van der Waals surface area contributed by atoms with Crippen molar-refractivity contribution in [3.8, 4) is 0 Å². The molecule has 1 fully saturated rings. The highest BCUT2D eigenvalue weighted by Crippen LogP contribution is 2.27. The van der Waals surface area contributed by atoms with Crippen molar-refractivity contribution in [1.82, 2.24) is 14.6 Å². The molecule has 1 amide bonds. The fourth-order valence-corrected chi connectivity index (χ4v) is 3.96. The molecular formula is C15H15BrF3N3O3S. The number of fused-ring (bicyclic) bond motifs is 1. The minimum absolute atomic E-state index is 0.344. The number of nitrogens with one attached hydrogen (secondary N) is 2. The molecule has 6 nitrogen and oxygen atoms in total. The van der Waals surface area contributed by atoms with Gasteiger partial charge in [-0.15, -0.1) is 0 Å². The number of rotatable bonds is 4. The lowest BCUT2D eigenvalue weighted by molar-refractivity contribution is -0.0448. The molecule has 142 valence electrons. The molecule has 1 aromatic carbocycles. The van der Waals surface area contributed by atoms with Crippen LogP contribution < -0.4 is 4.72 Å². The number of H-pyrrole nitrogens is 1. The van der Waals surface area contributed by atoms with Gasteiger partial charge in [0, 0.05) is 40.7 Å². The Labute approximate surface area is 155 Å². The predicted octanol–water partition coefficient (Wildman–Crippen LogP) is 2.97. The van der Waals surface area contributed by atoms with Crippen LogP contribution in [0.25, 0.3) is 10.9 Å². The van der Waals surface area contributed by atoms with Gasteiger partial charge in [0.15, 0.2) is 0 Å². The average Bonchev–Trinajstić information content (AvgIpc) is 3.17. The maximum atomic E-state index is 12.9. The third-order valence-corrected chi connectivity index (χ3v) is 5.98. The molecule has 0 saturated carbocycles. The Morgan fingerprint density at radius 3 is 2.81 bits per heavy atom. The van der Waals surface area contributed by atoms with E-state index >= 15 is 0 Å². The number of benzene rings is 1. The molecule has 1 aliphatic rings. The second kappa shape index (κ2) is 6.86. The van der Waals surface area contributed by atoms with E-state index in [9.17, 15) is 26.4 Å². The molecule has 2 heterocycles. The molecule has 2 aromatic rings. The molecule has 0 spiro atoms. The Hall–Kier alpha value is -1.59. The number of likely N-dealkylation sites (tertiary alicyclic amines) is 1. The van der Waals surface area contributed by atoms with E-state index in [1.807, 2.05) is 6.07 Å². The van der Waals surface area contributed by atoms with Crippen LogP contribution in [0.2, 0.25) is 0 Å². The highest BCUT2D eigenvalue weighted by atomic mass is 79.9. The molecule has 3 rings (SSSR count). The van der Waals surface area contributed by atoms with Crippen molar-refractivity contribution in [2.75, 3.05) is 13.1 Å². The standard InChI is InChI=1S/C15H15BrF3N3O3S/c16-9-3-4-13-11(6-9)12(8-20-13)14(23)22-5-1-2-10(22)7-21-26(24,25)15(17,18)19/h3-4,6,8,10,20-21H,1-2,5,7H2/t10-/m0/s1. The van der Waals surface area contributed by atoms with E-state index in [1.54, 1.807) is 23.1 Å². The number of carbonyl (C=O) groups excluding carboxylic acids is 1. The van der Waals surface area contributed by atoms with E-state index in [1.165, 1.54) is 4.90 Å². The summed E-state index contributed by atoms with van der Waals surface area (Å²) in [4.78, 5) is 17.3. The van der Waals surface area contributed by atoms with Crippen molar-refractivity contribution in [2.45, 2.75) is 24.4 Å². The average molecular weight is 454 g/mol. The summed E-state index contributed by atoms with van der Waals surface area (Å²) < 4.78 is 62.1. The van der Waals surface area contributed by atoms with Crippen molar-refractivity contribution in [1.29, 1.82) is 0 Å². The van der Waals surface area contributed by atoms with Gasteiger partial charge in [0.05, 0.1) is 5.56 Å². The number of aromatic amines is 1. The van der Waals surface area contributed by atoms with Crippen molar-refractivity contribution in [2.24, 2.45) is 0 Å². The number of amides is 1. The Bertz CT molecular complexity index is 942. The molecule has 1 aliphatic heterocycles. The first-order chi connectivity index (χ1) is 12.1. The molecule has 0 radical (unpaired) electrons. The zero-order valence-electron chi connectivity index (χ0n) is 13.3. The summed E-state index contributed by atoms with van der Waals surface area (Å²) >= 11 is 3.34. The zero-order chi connectivity index (χ0) is 19.1. The van der Waals surface area contributed by atoms with Crippen LogP contribution in [0.4, 0.5) is 13.2 Å². The summed E-state index contributed by atoms with van der Waals surface area (Å²) in [7, 11) is -5.43. The Morgan fingerprint density at radius 1 is 1.38 bits per heavy atom. The van der Waals surface area contributed by atoms with Gasteiger partial charge in [-0.3, -0.25) is 4.79 Å². The summed E-state index contributed by atoms with van der Waals surface area (Å²) in [6.07, 6.45) is 2.57. The Kier molecular flexibility index (Phi) is 5.06. The zero-order valence-corrected chi connectivity index (χ0v) is 15.7. The molecular weight excluding hydrogens is 439 g/mol. The number of sulfonamides is 1. The van der Waals surface area contributed by atoms with Gasteiger partial charge in [-0.2, -0.15) is 13.2 Å². The van der Waals surface area contributed by atoms with Gasteiger partial charge in [0.1, 0.15) is 0 Å². The third-order valence-electron chi connectivity index (χ3n) is 4.33. The maximum absolute atomic E-state index is 12.9. The van der Waals surface area contributed by atoms with Crippen LogP contribution in [0, 0.1) is 0 Å². The number of hydrogen-bond donors (Lipinski definition) is 2. The molecule has 0 bridgehead atoms. The molecule has 2 N–H and O–H groups in total. The number of alkyl halides is 3. The minimum atomic E-state index is -5.43. The van der Waals surface area contributed by atoms with E-state index < -0.39 is 28.1 Å². The van der Waals surface area contributed by atoms with Crippen LogP contribution in [0.3, 0.4) is 0 Å². The first kappa shape index (κ1) is 19.2. The minimum Gasteiger partial charge on any atom is -0.360 e. The van der Waals surface area contributed by atoms with E-state index in [2.05, 4.69) is 20.9 Å². The van der Waals surface area contributed by atoms with E-state index in [4.69, 9.17) is 0 Å². The van der Waals surface area contributed by atoms with Gasteiger partial charge in [0.25, 0.3) is 5.91 Å². The SMILES string of the molecule is O=C(c1c[nH]c2ccc(Br)cc12)N1CCC[C@H]1CNS(=O)(=O)C(F)(F)F. The Morgan fingerprint density at radius 2 is 2.12 bits per heavy atom. The smallest absolute Gasteiger partial charge is 0.360 e. The number of aromatic nitrogens is 1. The van der Waals surface area contributed by atoms with Crippen molar-refractivity contribution < 1.29 is 26.4 Å². The van der Waals surface area contributed by atoms with Gasteiger partial charge < -0.3 is 9.88 Å². The fraction of sp³-hybridized carbons (Fsp3) is 0.400. The lowest BCUT2D eigenvalue weighted by atomic mass is 10.1. The summed E-state index contributed by atoms with van der Waals surface area (Å²) in [5, 5.41) is 0.686. The topological polar surface area (TPSA) is 82.3 Å². The van der Waals surface area contributed by atoms with Gasteiger partial charge in [0.2, 0.25) is 0 Å². The number of hydrogen-bond acceptors (Lipinski definition) is 3. The quantitative estimate of drug-likeness (QED) is 0.746. The summed E-state index contributed by atoms with van der Waals surface area (Å²) in [5.74, 6) is -0.344. The van der Waals surface area contributed by atoms with E-state index in [-0.39, 0.29) is 5.91 Å². The van der Waals surface area contributed by atoms with Gasteiger partial charge in [-0.05, 0) is 31.0 Å². The first-order valence-electron chi connectivity index (χ1n) is 7.74. The molecule has 1 atom stereocenters. The maximum Gasteiger partial charge on any atom is 0.511 e. The van der Waals surface area contributed by atoms with Crippen molar-refractivity contribution >= 4 is 42.8 Å². The lowest BCUT2D eigenvalue weighted by Gasteiger charge is -2.25. The van der Waals surface area contributed by atoms with E-state index in [0.717, 1.165) is 9.99 Å². The molecule has 0 aliphatic carbocycles. The number of nitrogens with zero attached hydrogens (tertiary/aromatic N) is 1. The molecule has 11 heteroatoms. The predicted molar refractivity (Wildman–Crippen MR) is 93.0 cm³/mol. The van der Waals surface area contributed by atoms with Crippen LogP contribution in [-0.4, -0.2) is 48.8 Å². The third kappa shape index (κ3) is 3.60. The summed E-state index contributed by atoms with van der Waals surface area (Å²) in [5.41, 5.74) is -4.22. The lowest BCUT2D eigenvalue weighted by Crippen LogP contribution is -2.46. The summed E-state index contributed by atoms with van der Waals surface area (Å²) in [6.45, 7) is -0.114. The van der Waals surface area contributed by atoms with Crippen LogP contribution in [0.15, 0.2) is 28.9 Å². The van der Waals surface area contributed by atoms with Crippen LogP contribution in [-0.2, 0) is 10.0 Å². The monoisotopic (exact) mass is 453 g/mol. The first-order valence-corrected chi connectivity index (χ1v) is 10.0. The largest absolute Gasteiger partial charge is 0.511 e. The van der Waals surface area contributed by atoms with Gasteiger partial charge in [-0.1, -0.05) is 15.9 Å². The second-order valence-corrected chi connectivity index (χ2v) is 8.66. The van der Waals surface area contributed by atoms with Crippen molar-refractivity contribution in [3.63, 3.8) is 0 Å². The molecule has 26 heavy (non-hydrogen) atoms. The number of halogens is 4. The Balaban J connectivity index is 1.79. The second-order valence-electron chi connectivity index (χ2n) is 5.98.